The molecule has 26 heavy (non-hydrogen) atoms. The molecule has 2 unspecified atom stereocenters. The molecule has 0 radical (unpaired) electrons. The molecule has 2 rings (SSSR count). The summed E-state index contributed by atoms with van der Waals surface area (Å²) in [6.07, 6.45) is 1.82. The van der Waals surface area contributed by atoms with Crippen LogP contribution >= 0.6 is 0 Å². The zero-order valence-electron chi connectivity index (χ0n) is 16.1. The van der Waals surface area contributed by atoms with Crippen LogP contribution in [-0.4, -0.2) is 46.1 Å². The maximum atomic E-state index is 12.8. The molecule has 0 aromatic heterocycles. The topological polar surface area (TPSA) is 93.2 Å². The zero-order valence-corrected chi connectivity index (χ0v) is 16.1. The van der Waals surface area contributed by atoms with Gasteiger partial charge in [0, 0.05) is 12.3 Å². The molecule has 2 fully saturated rings. The van der Waals surface area contributed by atoms with E-state index >= 15 is 0 Å². The Morgan fingerprint density at radius 1 is 1.46 bits per heavy atom. The van der Waals surface area contributed by atoms with Crippen LogP contribution in [0.25, 0.3) is 0 Å². The van der Waals surface area contributed by atoms with Crippen molar-refractivity contribution in [1.29, 1.82) is 0 Å². The molecule has 0 spiro atoms. The van der Waals surface area contributed by atoms with E-state index in [1.165, 1.54) is 12.2 Å². The van der Waals surface area contributed by atoms with E-state index in [-0.39, 0.29) is 29.8 Å². The molecule has 0 bridgehead atoms. The van der Waals surface area contributed by atoms with Gasteiger partial charge < -0.3 is 14.6 Å². The Bertz CT molecular complexity index is 654. The molecule has 1 heterocycles. The summed E-state index contributed by atoms with van der Waals surface area (Å²) in [5.74, 6) is -1.73. The summed E-state index contributed by atoms with van der Waals surface area (Å²) in [7, 11) is 0. The molecule has 1 saturated heterocycles. The minimum atomic E-state index is -1.14. The number of carbonyl (C=O) groups is 3. The Morgan fingerprint density at radius 3 is 2.62 bits per heavy atom. The second-order valence-corrected chi connectivity index (χ2v) is 8.30. The van der Waals surface area contributed by atoms with Crippen LogP contribution in [0.4, 0.5) is 0 Å². The summed E-state index contributed by atoms with van der Waals surface area (Å²) in [5.41, 5.74) is -1.90. The van der Waals surface area contributed by atoms with Gasteiger partial charge in [0.15, 0.2) is 17.5 Å². The number of Topliss-reactive ketones (excluding diaryl/α,β-unsaturated/α-hetero) is 1. The van der Waals surface area contributed by atoms with Gasteiger partial charge in [-0.3, -0.25) is 14.4 Å². The molecule has 144 valence electrons. The Labute approximate surface area is 154 Å². The lowest BCUT2D eigenvalue weighted by atomic mass is 9.75. The minimum absolute atomic E-state index is 0.0969. The number of hydrogen-bond acceptors (Lipinski definition) is 6. The molecule has 0 amide bonds. The lowest BCUT2D eigenvalue weighted by Gasteiger charge is -2.31. The third kappa shape index (κ3) is 4.48. The van der Waals surface area contributed by atoms with E-state index in [2.05, 4.69) is 6.58 Å². The maximum absolute atomic E-state index is 12.8. The van der Waals surface area contributed by atoms with Crippen molar-refractivity contribution in [2.24, 2.45) is 11.8 Å². The fourth-order valence-corrected chi connectivity index (χ4v) is 3.12. The molecular weight excluding hydrogens is 336 g/mol. The van der Waals surface area contributed by atoms with Crippen molar-refractivity contribution in [2.45, 2.75) is 70.9 Å². The van der Waals surface area contributed by atoms with Gasteiger partial charge in [0.25, 0.3) is 0 Å². The molecule has 0 aromatic carbocycles. The lowest BCUT2D eigenvalue weighted by Crippen LogP contribution is -2.48. The summed E-state index contributed by atoms with van der Waals surface area (Å²) < 4.78 is 10.9. The predicted molar refractivity (Wildman–Crippen MR) is 95.3 cm³/mol. The van der Waals surface area contributed by atoms with Crippen LogP contribution in [-0.2, 0) is 23.9 Å². The van der Waals surface area contributed by atoms with Crippen LogP contribution in [0.5, 0.6) is 0 Å². The van der Waals surface area contributed by atoms with Crippen molar-refractivity contribution in [3.63, 3.8) is 0 Å². The first kappa shape index (κ1) is 20.5. The Morgan fingerprint density at radius 2 is 2.08 bits per heavy atom. The SMILES string of the molecule is C=C(C(=O)/C=C/C(C)(C)O)C1CC2O[C@]2(C)C(=O)[C@H]1OC(=O)CC(C)C. The zero-order chi connectivity index (χ0) is 19.9. The molecule has 4 atom stereocenters. The highest BCUT2D eigenvalue weighted by Crippen LogP contribution is 2.49. The van der Waals surface area contributed by atoms with Crippen molar-refractivity contribution < 1.29 is 29.0 Å². The molecule has 1 N–H and O–H groups in total. The van der Waals surface area contributed by atoms with Crippen molar-refractivity contribution in [3.05, 3.63) is 24.3 Å². The Kier molecular flexibility index (Phi) is 5.59. The quantitative estimate of drug-likeness (QED) is 0.423. The Hall–Kier alpha value is -1.79. The van der Waals surface area contributed by atoms with Crippen molar-refractivity contribution in [3.8, 4) is 0 Å². The molecule has 2 aliphatic rings. The van der Waals surface area contributed by atoms with Crippen LogP contribution in [0.15, 0.2) is 24.3 Å². The van der Waals surface area contributed by atoms with Gasteiger partial charge in [-0.1, -0.05) is 20.4 Å². The van der Waals surface area contributed by atoms with E-state index in [0.29, 0.717) is 6.42 Å². The van der Waals surface area contributed by atoms with Crippen molar-refractivity contribution in [2.75, 3.05) is 0 Å². The van der Waals surface area contributed by atoms with Gasteiger partial charge in [0.05, 0.1) is 11.7 Å². The highest BCUT2D eigenvalue weighted by molar-refractivity contribution is 6.06. The van der Waals surface area contributed by atoms with E-state index < -0.39 is 35.0 Å². The number of esters is 1. The standard InChI is InChI=1S/C20H28O6/c1-11(2)9-16(22)25-17-13(10-15-20(6,26-15)18(17)23)12(3)14(21)7-8-19(4,5)24/h7-8,11,13,15,17,24H,3,9-10H2,1-2,4-6H3/b8-7+/t13?,15?,17-,20-/m0/s1. The third-order valence-corrected chi connectivity index (χ3v) is 4.77. The van der Waals surface area contributed by atoms with E-state index in [0.717, 1.165) is 0 Å². The number of carbonyl (C=O) groups excluding carboxylic acids is 3. The first-order chi connectivity index (χ1) is 11.8. The highest BCUT2D eigenvalue weighted by Gasteiger charge is 2.66. The predicted octanol–water partition coefficient (Wildman–Crippen LogP) is 2.14. The molecule has 1 aliphatic heterocycles. The normalized spacial score (nSPS) is 31.0. The number of ketones is 2. The van der Waals surface area contributed by atoms with Crippen molar-refractivity contribution >= 4 is 17.5 Å². The first-order valence-corrected chi connectivity index (χ1v) is 8.91. The summed E-state index contributed by atoms with van der Waals surface area (Å²) >= 11 is 0. The second kappa shape index (κ2) is 7.08. The minimum Gasteiger partial charge on any atom is -0.454 e. The third-order valence-electron chi connectivity index (χ3n) is 4.77. The van der Waals surface area contributed by atoms with Crippen LogP contribution in [0.2, 0.25) is 0 Å². The number of hydrogen-bond donors (Lipinski definition) is 1. The van der Waals surface area contributed by atoms with E-state index in [4.69, 9.17) is 9.47 Å². The monoisotopic (exact) mass is 364 g/mol. The van der Waals surface area contributed by atoms with E-state index in [9.17, 15) is 19.5 Å². The number of fused-ring (bicyclic) bond motifs is 1. The molecule has 1 saturated carbocycles. The van der Waals surface area contributed by atoms with Crippen LogP contribution < -0.4 is 0 Å². The van der Waals surface area contributed by atoms with Gasteiger partial charge in [-0.2, -0.15) is 0 Å². The molecule has 1 aliphatic carbocycles. The Balaban J connectivity index is 2.19. The van der Waals surface area contributed by atoms with Gasteiger partial charge in [0.2, 0.25) is 5.78 Å². The summed E-state index contributed by atoms with van der Waals surface area (Å²) in [6, 6.07) is 0. The summed E-state index contributed by atoms with van der Waals surface area (Å²) in [4.78, 5) is 37.3. The average molecular weight is 364 g/mol. The second-order valence-electron chi connectivity index (χ2n) is 8.30. The summed E-state index contributed by atoms with van der Waals surface area (Å²) in [5, 5.41) is 9.73. The van der Waals surface area contributed by atoms with Crippen LogP contribution in [0, 0.1) is 11.8 Å². The van der Waals surface area contributed by atoms with E-state index in [1.54, 1.807) is 20.8 Å². The first-order valence-electron chi connectivity index (χ1n) is 8.91. The number of rotatable bonds is 7. The molecule has 6 nitrogen and oxygen atoms in total. The van der Waals surface area contributed by atoms with Crippen molar-refractivity contribution in [1.82, 2.24) is 0 Å². The lowest BCUT2D eigenvalue weighted by molar-refractivity contribution is -0.161. The van der Waals surface area contributed by atoms with Crippen LogP contribution in [0.3, 0.4) is 0 Å². The number of aliphatic hydroxyl groups is 1. The number of epoxide rings is 1. The molecule has 6 heteroatoms. The number of allylic oxidation sites excluding steroid dienone is 1. The van der Waals surface area contributed by atoms with Gasteiger partial charge in [0.1, 0.15) is 0 Å². The maximum Gasteiger partial charge on any atom is 0.306 e. The van der Waals surface area contributed by atoms with Gasteiger partial charge >= 0.3 is 5.97 Å². The van der Waals surface area contributed by atoms with Gasteiger partial charge in [-0.15, -0.1) is 0 Å². The fraction of sp³-hybridized carbons (Fsp3) is 0.650. The number of ether oxygens (including phenoxy) is 2. The van der Waals surface area contributed by atoms with Crippen LogP contribution in [0.1, 0.15) is 47.5 Å². The average Bonchev–Trinajstić information content (AvgIpc) is 3.17. The summed E-state index contributed by atoms with van der Waals surface area (Å²) in [6.45, 7) is 12.4. The van der Waals surface area contributed by atoms with Gasteiger partial charge in [-0.25, -0.2) is 0 Å². The van der Waals surface area contributed by atoms with E-state index in [1.807, 2.05) is 13.8 Å². The van der Waals surface area contributed by atoms with Gasteiger partial charge in [-0.05, 0) is 50.8 Å². The smallest absolute Gasteiger partial charge is 0.306 e. The molecular formula is C20H28O6. The molecule has 0 aromatic rings. The largest absolute Gasteiger partial charge is 0.454 e. The highest BCUT2D eigenvalue weighted by atomic mass is 16.6. The fourth-order valence-electron chi connectivity index (χ4n) is 3.12.